The second kappa shape index (κ2) is 6.22. The molecular formula is C19H11BrO5. The van der Waals surface area contributed by atoms with Gasteiger partial charge in [-0.05, 0) is 48.0 Å². The molecule has 1 aromatic heterocycles. The van der Waals surface area contributed by atoms with Crippen molar-refractivity contribution in [1.29, 1.82) is 0 Å². The first-order valence-corrected chi connectivity index (χ1v) is 8.25. The van der Waals surface area contributed by atoms with E-state index in [1.165, 1.54) is 12.1 Å². The fourth-order valence-corrected chi connectivity index (χ4v) is 2.92. The Morgan fingerprint density at radius 1 is 1.04 bits per heavy atom. The van der Waals surface area contributed by atoms with Crippen LogP contribution in [0.5, 0.6) is 11.5 Å². The molecule has 4 rings (SSSR count). The van der Waals surface area contributed by atoms with Gasteiger partial charge in [-0.1, -0.05) is 28.1 Å². The van der Waals surface area contributed by atoms with E-state index in [1.54, 1.807) is 42.5 Å². The summed E-state index contributed by atoms with van der Waals surface area (Å²) in [4.78, 5) is 24.4. The highest BCUT2D eigenvalue weighted by Gasteiger charge is 2.14. The second-order valence-electron chi connectivity index (χ2n) is 5.44. The number of ketones is 1. The Hall–Kier alpha value is -2.86. The molecule has 0 fully saturated rings. The van der Waals surface area contributed by atoms with Gasteiger partial charge in [0.2, 0.25) is 6.79 Å². The lowest BCUT2D eigenvalue weighted by molar-refractivity contribution is 0.104. The summed E-state index contributed by atoms with van der Waals surface area (Å²) in [6, 6.07) is 12.1. The number of allylic oxidation sites excluding steroid dienone is 1. The molecular weight excluding hydrogens is 388 g/mol. The minimum absolute atomic E-state index is 0.0115. The monoisotopic (exact) mass is 398 g/mol. The molecule has 0 bridgehead atoms. The Kier molecular flexibility index (Phi) is 3.89. The molecule has 0 saturated carbocycles. The normalized spacial score (nSPS) is 12.8. The van der Waals surface area contributed by atoms with Crippen LogP contribution in [0, 0.1) is 0 Å². The number of rotatable bonds is 3. The summed E-state index contributed by atoms with van der Waals surface area (Å²) in [6.07, 6.45) is 2.96. The molecule has 0 radical (unpaired) electrons. The predicted molar refractivity (Wildman–Crippen MR) is 96.1 cm³/mol. The van der Waals surface area contributed by atoms with Crippen molar-refractivity contribution in [3.8, 4) is 11.5 Å². The number of ether oxygens (including phenoxy) is 2. The lowest BCUT2D eigenvalue weighted by Crippen LogP contribution is -2.11. The van der Waals surface area contributed by atoms with Gasteiger partial charge in [-0.2, -0.15) is 0 Å². The first kappa shape index (κ1) is 15.7. The van der Waals surface area contributed by atoms with Crippen LogP contribution in [-0.4, -0.2) is 12.6 Å². The van der Waals surface area contributed by atoms with Crippen molar-refractivity contribution in [3.63, 3.8) is 0 Å². The van der Waals surface area contributed by atoms with Crippen LogP contribution < -0.4 is 15.1 Å². The lowest BCUT2D eigenvalue weighted by atomic mass is 10.1. The van der Waals surface area contributed by atoms with E-state index in [2.05, 4.69) is 15.9 Å². The van der Waals surface area contributed by atoms with E-state index in [0.717, 1.165) is 10.0 Å². The van der Waals surface area contributed by atoms with Crippen molar-refractivity contribution in [2.24, 2.45) is 0 Å². The van der Waals surface area contributed by atoms with E-state index < -0.39 is 11.4 Å². The van der Waals surface area contributed by atoms with E-state index in [4.69, 9.17) is 13.9 Å². The molecule has 6 heteroatoms. The summed E-state index contributed by atoms with van der Waals surface area (Å²) in [5.41, 5.74) is 0.535. The summed E-state index contributed by atoms with van der Waals surface area (Å²) in [5.74, 6) is 0.877. The molecule has 2 heterocycles. The highest BCUT2D eigenvalue weighted by atomic mass is 79.9. The average Bonchev–Trinajstić information content (AvgIpc) is 3.07. The largest absolute Gasteiger partial charge is 0.454 e. The zero-order valence-corrected chi connectivity index (χ0v) is 14.4. The molecule has 0 spiro atoms. The van der Waals surface area contributed by atoms with E-state index in [1.807, 2.05) is 0 Å². The van der Waals surface area contributed by atoms with Gasteiger partial charge in [0.1, 0.15) is 11.1 Å². The molecule has 0 N–H and O–H groups in total. The fraction of sp³-hybridized carbons (Fsp3) is 0.0526. The van der Waals surface area contributed by atoms with Crippen LogP contribution in [0.25, 0.3) is 17.0 Å². The Labute approximate surface area is 150 Å². The molecule has 1 aliphatic heterocycles. The number of benzene rings is 2. The Morgan fingerprint density at radius 2 is 1.88 bits per heavy atom. The SMILES string of the molecule is O=C(/C=C/c1ccc2c(c1)OCO2)c1cc2cc(Br)ccc2oc1=O. The van der Waals surface area contributed by atoms with Crippen LogP contribution in [0.3, 0.4) is 0 Å². The number of hydrogen-bond acceptors (Lipinski definition) is 5. The Morgan fingerprint density at radius 3 is 2.76 bits per heavy atom. The van der Waals surface area contributed by atoms with Gasteiger partial charge in [0.05, 0.1) is 0 Å². The van der Waals surface area contributed by atoms with Crippen LogP contribution in [0.1, 0.15) is 15.9 Å². The lowest BCUT2D eigenvalue weighted by Gasteiger charge is -2.00. The summed E-state index contributed by atoms with van der Waals surface area (Å²) in [6.45, 7) is 0.190. The third-order valence-electron chi connectivity index (χ3n) is 3.78. The van der Waals surface area contributed by atoms with Crippen molar-refractivity contribution >= 4 is 38.8 Å². The Balaban J connectivity index is 1.65. The summed E-state index contributed by atoms with van der Waals surface area (Å²) in [7, 11) is 0. The van der Waals surface area contributed by atoms with Gasteiger partial charge in [-0.15, -0.1) is 0 Å². The highest BCUT2D eigenvalue weighted by molar-refractivity contribution is 9.10. The van der Waals surface area contributed by atoms with E-state index >= 15 is 0 Å². The standard InChI is InChI=1S/C19H11BrO5/c20-13-3-6-16-12(8-13)9-14(19(22)25-16)15(21)4-1-11-2-5-17-18(7-11)24-10-23-17/h1-9H,10H2/b4-1+. The molecule has 0 saturated heterocycles. The minimum atomic E-state index is -0.657. The topological polar surface area (TPSA) is 65.7 Å². The van der Waals surface area contributed by atoms with Crippen LogP contribution in [0.2, 0.25) is 0 Å². The van der Waals surface area contributed by atoms with Gasteiger partial charge in [0, 0.05) is 9.86 Å². The van der Waals surface area contributed by atoms with Crippen LogP contribution >= 0.6 is 15.9 Å². The molecule has 5 nitrogen and oxygen atoms in total. The van der Waals surface area contributed by atoms with Crippen molar-refractivity contribution in [3.05, 3.63) is 74.6 Å². The number of carbonyl (C=O) groups excluding carboxylic acids is 1. The molecule has 124 valence electrons. The van der Waals surface area contributed by atoms with Crippen LogP contribution in [-0.2, 0) is 0 Å². The molecule has 1 aliphatic rings. The molecule has 2 aromatic carbocycles. The van der Waals surface area contributed by atoms with E-state index in [-0.39, 0.29) is 12.4 Å². The average molecular weight is 399 g/mol. The summed E-state index contributed by atoms with van der Waals surface area (Å²) in [5, 5.41) is 0.675. The minimum Gasteiger partial charge on any atom is -0.454 e. The second-order valence-corrected chi connectivity index (χ2v) is 6.36. The van der Waals surface area contributed by atoms with Crippen molar-refractivity contribution in [2.45, 2.75) is 0 Å². The maximum Gasteiger partial charge on any atom is 0.347 e. The number of fused-ring (bicyclic) bond motifs is 2. The quantitative estimate of drug-likeness (QED) is 0.376. The molecule has 3 aromatic rings. The molecule has 25 heavy (non-hydrogen) atoms. The third kappa shape index (κ3) is 3.08. The summed E-state index contributed by atoms with van der Waals surface area (Å²) >= 11 is 3.36. The number of hydrogen-bond donors (Lipinski definition) is 0. The fourth-order valence-electron chi connectivity index (χ4n) is 2.54. The maximum absolute atomic E-state index is 12.4. The first-order valence-electron chi connectivity index (χ1n) is 7.46. The van der Waals surface area contributed by atoms with Gasteiger partial charge in [-0.25, -0.2) is 4.79 Å². The van der Waals surface area contributed by atoms with Crippen molar-refractivity contribution in [2.75, 3.05) is 6.79 Å². The summed E-state index contributed by atoms with van der Waals surface area (Å²) < 4.78 is 16.6. The molecule has 0 amide bonds. The maximum atomic E-state index is 12.4. The molecule has 0 unspecified atom stereocenters. The van der Waals surface area contributed by atoms with E-state index in [9.17, 15) is 9.59 Å². The zero-order valence-electron chi connectivity index (χ0n) is 12.8. The molecule has 0 atom stereocenters. The zero-order chi connectivity index (χ0) is 17.4. The van der Waals surface area contributed by atoms with Crippen LogP contribution in [0.4, 0.5) is 0 Å². The smallest absolute Gasteiger partial charge is 0.347 e. The number of carbonyl (C=O) groups is 1. The van der Waals surface area contributed by atoms with E-state index in [0.29, 0.717) is 22.5 Å². The first-order chi connectivity index (χ1) is 12.1. The Bertz CT molecular complexity index is 1080. The predicted octanol–water partition coefficient (Wildman–Crippen LogP) is 4.18. The van der Waals surface area contributed by atoms with Gasteiger partial charge < -0.3 is 13.9 Å². The van der Waals surface area contributed by atoms with Crippen molar-refractivity contribution < 1.29 is 18.7 Å². The molecule has 0 aliphatic carbocycles. The van der Waals surface area contributed by atoms with Gasteiger partial charge in [0.15, 0.2) is 17.3 Å². The van der Waals surface area contributed by atoms with Crippen molar-refractivity contribution in [1.82, 2.24) is 0 Å². The van der Waals surface area contributed by atoms with Crippen LogP contribution in [0.15, 0.2) is 62.2 Å². The highest BCUT2D eigenvalue weighted by Crippen LogP contribution is 2.32. The van der Waals surface area contributed by atoms with Gasteiger partial charge in [-0.3, -0.25) is 4.79 Å². The third-order valence-corrected chi connectivity index (χ3v) is 4.28. The van der Waals surface area contributed by atoms with Gasteiger partial charge in [0.25, 0.3) is 0 Å². The number of halogens is 1. The van der Waals surface area contributed by atoms with Gasteiger partial charge >= 0.3 is 5.63 Å².